The average Bonchev–Trinajstić information content (AvgIpc) is 1.97. The first-order valence-corrected chi connectivity index (χ1v) is 4.98. The number of aliphatic hydroxyl groups excluding tert-OH is 1. The molecule has 0 aliphatic heterocycles. The molecule has 1 unspecified atom stereocenters. The molecule has 0 saturated carbocycles. The number of rotatable bonds is 5. The van der Waals surface area contributed by atoms with E-state index in [0.717, 1.165) is 18.6 Å². The molecule has 0 bridgehead atoms. The van der Waals surface area contributed by atoms with Crippen LogP contribution in [0.3, 0.4) is 0 Å². The lowest BCUT2D eigenvalue weighted by atomic mass is 10.2. The minimum absolute atomic E-state index is 0.136. The zero-order valence-electron chi connectivity index (χ0n) is 6.71. The largest absolute Gasteiger partial charge is 0.393 e. The fourth-order valence-corrected chi connectivity index (χ4v) is 1.17. The lowest BCUT2D eigenvalue weighted by Gasteiger charge is -2.04. The van der Waals surface area contributed by atoms with Gasteiger partial charge in [-0.15, -0.1) is 0 Å². The minimum atomic E-state index is -0.136. The molecule has 0 radical (unpaired) electrons. The molecule has 60 valence electrons. The molecule has 1 N–H and O–H groups in total. The molecule has 0 aromatic carbocycles. The fraction of sp³-hybridized carbons (Fsp3) is 0.750. The van der Waals surface area contributed by atoms with Crippen molar-refractivity contribution in [2.24, 2.45) is 0 Å². The van der Waals surface area contributed by atoms with Crippen LogP contribution in [0.1, 0.15) is 19.8 Å². The molecule has 0 aromatic rings. The predicted octanol–water partition coefficient (Wildman–Crippen LogP) is 2.07. The summed E-state index contributed by atoms with van der Waals surface area (Å²) in [5.74, 6) is 1.05. The van der Waals surface area contributed by atoms with Crippen LogP contribution in [0.25, 0.3) is 0 Å². The summed E-state index contributed by atoms with van der Waals surface area (Å²) in [6.45, 7) is 1.97. The number of aliphatic hydroxyl groups is 1. The van der Waals surface area contributed by atoms with Gasteiger partial charge in [-0.05, 0) is 31.8 Å². The first-order chi connectivity index (χ1) is 4.81. The second-order valence-electron chi connectivity index (χ2n) is 2.24. The highest BCUT2D eigenvalue weighted by atomic mass is 32.2. The zero-order valence-corrected chi connectivity index (χ0v) is 7.53. The Morgan fingerprint density at radius 2 is 2.30 bits per heavy atom. The van der Waals surface area contributed by atoms with Gasteiger partial charge in [-0.1, -0.05) is 12.2 Å². The summed E-state index contributed by atoms with van der Waals surface area (Å²) < 4.78 is 0. The van der Waals surface area contributed by atoms with Gasteiger partial charge in [-0.25, -0.2) is 0 Å². The van der Waals surface area contributed by atoms with Crippen LogP contribution in [-0.4, -0.2) is 23.2 Å². The molecular formula is C8H16OS. The van der Waals surface area contributed by atoms with Crippen molar-refractivity contribution in [2.75, 3.05) is 12.0 Å². The van der Waals surface area contributed by atoms with Crippen molar-refractivity contribution in [3.8, 4) is 0 Å². The summed E-state index contributed by atoms with van der Waals surface area (Å²) in [4.78, 5) is 0. The third-order valence-corrected chi connectivity index (χ3v) is 1.94. The van der Waals surface area contributed by atoms with Gasteiger partial charge in [0.25, 0.3) is 0 Å². The topological polar surface area (TPSA) is 20.2 Å². The first-order valence-electron chi connectivity index (χ1n) is 3.59. The third-order valence-electron chi connectivity index (χ3n) is 1.30. The lowest BCUT2D eigenvalue weighted by molar-refractivity contribution is 0.175. The Bertz CT molecular complexity index is 91.3. The van der Waals surface area contributed by atoms with Crippen molar-refractivity contribution >= 4 is 11.8 Å². The standard InChI is InChI=1S/C8H16OS/c1-3-4-5-8(9)6-7-10-2/h3-4,8-9H,5-7H2,1-2H3/b4-3+. The summed E-state index contributed by atoms with van der Waals surface area (Å²) in [5.41, 5.74) is 0. The molecule has 2 heteroatoms. The SMILES string of the molecule is C/C=C/CC(O)CCSC. The summed E-state index contributed by atoms with van der Waals surface area (Å²) in [5, 5.41) is 9.25. The van der Waals surface area contributed by atoms with Crippen LogP contribution in [0.2, 0.25) is 0 Å². The number of thioether (sulfide) groups is 1. The quantitative estimate of drug-likeness (QED) is 0.621. The van der Waals surface area contributed by atoms with E-state index >= 15 is 0 Å². The van der Waals surface area contributed by atoms with Crippen molar-refractivity contribution in [1.29, 1.82) is 0 Å². The summed E-state index contributed by atoms with van der Waals surface area (Å²) in [6.07, 6.45) is 7.61. The van der Waals surface area contributed by atoms with Crippen LogP contribution >= 0.6 is 11.8 Å². The third kappa shape index (κ3) is 6.17. The minimum Gasteiger partial charge on any atom is -0.393 e. The van der Waals surface area contributed by atoms with Gasteiger partial charge >= 0.3 is 0 Å². The predicted molar refractivity (Wildman–Crippen MR) is 48.4 cm³/mol. The Morgan fingerprint density at radius 1 is 1.60 bits per heavy atom. The Morgan fingerprint density at radius 3 is 2.80 bits per heavy atom. The summed E-state index contributed by atoms with van der Waals surface area (Å²) in [7, 11) is 0. The average molecular weight is 160 g/mol. The lowest BCUT2D eigenvalue weighted by Crippen LogP contribution is -2.05. The Balaban J connectivity index is 3.16. The highest BCUT2D eigenvalue weighted by Gasteiger charge is 1.98. The second kappa shape index (κ2) is 7.16. The van der Waals surface area contributed by atoms with Gasteiger partial charge in [0, 0.05) is 0 Å². The molecule has 10 heavy (non-hydrogen) atoms. The van der Waals surface area contributed by atoms with Gasteiger partial charge in [0.15, 0.2) is 0 Å². The van der Waals surface area contributed by atoms with E-state index in [-0.39, 0.29) is 6.10 Å². The van der Waals surface area contributed by atoms with Gasteiger partial charge in [-0.3, -0.25) is 0 Å². The van der Waals surface area contributed by atoms with E-state index in [1.54, 1.807) is 11.8 Å². The van der Waals surface area contributed by atoms with Crippen LogP contribution in [0.5, 0.6) is 0 Å². The summed E-state index contributed by atoms with van der Waals surface area (Å²) in [6, 6.07) is 0. The molecule has 0 fully saturated rings. The van der Waals surface area contributed by atoms with Crippen molar-refractivity contribution in [3.63, 3.8) is 0 Å². The number of allylic oxidation sites excluding steroid dienone is 1. The molecule has 0 aliphatic rings. The van der Waals surface area contributed by atoms with Crippen LogP contribution < -0.4 is 0 Å². The van der Waals surface area contributed by atoms with Crippen molar-refractivity contribution in [1.82, 2.24) is 0 Å². The van der Waals surface area contributed by atoms with Gasteiger partial charge < -0.3 is 5.11 Å². The molecule has 0 amide bonds. The Kier molecular flexibility index (Phi) is 7.20. The van der Waals surface area contributed by atoms with E-state index in [9.17, 15) is 5.11 Å². The number of hydrogen-bond donors (Lipinski definition) is 1. The van der Waals surface area contributed by atoms with E-state index in [1.165, 1.54) is 0 Å². The zero-order chi connectivity index (χ0) is 7.82. The van der Waals surface area contributed by atoms with E-state index < -0.39 is 0 Å². The molecule has 0 aromatic heterocycles. The second-order valence-corrected chi connectivity index (χ2v) is 3.23. The number of hydrogen-bond acceptors (Lipinski definition) is 2. The molecule has 0 rings (SSSR count). The monoisotopic (exact) mass is 160 g/mol. The molecule has 0 heterocycles. The van der Waals surface area contributed by atoms with E-state index in [1.807, 2.05) is 19.1 Å². The smallest absolute Gasteiger partial charge is 0.0582 e. The van der Waals surface area contributed by atoms with Crippen LogP contribution in [-0.2, 0) is 0 Å². The van der Waals surface area contributed by atoms with Crippen molar-refractivity contribution < 1.29 is 5.11 Å². The van der Waals surface area contributed by atoms with Crippen molar-refractivity contribution in [3.05, 3.63) is 12.2 Å². The van der Waals surface area contributed by atoms with E-state index in [4.69, 9.17) is 0 Å². The van der Waals surface area contributed by atoms with Crippen molar-refractivity contribution in [2.45, 2.75) is 25.9 Å². The summed E-state index contributed by atoms with van der Waals surface area (Å²) >= 11 is 1.78. The van der Waals surface area contributed by atoms with Crippen LogP contribution in [0.15, 0.2) is 12.2 Å². The molecule has 0 aliphatic carbocycles. The maximum absolute atomic E-state index is 9.25. The van der Waals surface area contributed by atoms with Crippen LogP contribution in [0.4, 0.5) is 0 Å². The normalized spacial score (nSPS) is 14.3. The molecule has 1 nitrogen and oxygen atoms in total. The Labute approximate surface area is 67.5 Å². The molecule has 0 saturated heterocycles. The highest BCUT2D eigenvalue weighted by molar-refractivity contribution is 7.98. The van der Waals surface area contributed by atoms with Gasteiger partial charge in [-0.2, -0.15) is 11.8 Å². The first kappa shape index (κ1) is 10.0. The van der Waals surface area contributed by atoms with Crippen LogP contribution in [0, 0.1) is 0 Å². The highest BCUT2D eigenvalue weighted by Crippen LogP contribution is 2.03. The maximum atomic E-state index is 9.25. The molecule has 1 atom stereocenters. The molecular weight excluding hydrogens is 144 g/mol. The maximum Gasteiger partial charge on any atom is 0.0582 e. The van der Waals surface area contributed by atoms with Gasteiger partial charge in [0.05, 0.1) is 6.10 Å². The molecule has 0 spiro atoms. The van der Waals surface area contributed by atoms with Gasteiger partial charge in [0.1, 0.15) is 0 Å². The van der Waals surface area contributed by atoms with E-state index in [2.05, 4.69) is 6.26 Å². The van der Waals surface area contributed by atoms with E-state index in [0.29, 0.717) is 0 Å². The van der Waals surface area contributed by atoms with Gasteiger partial charge in [0.2, 0.25) is 0 Å². The fourth-order valence-electron chi connectivity index (χ4n) is 0.665. The Hall–Kier alpha value is 0.0500.